The van der Waals surface area contributed by atoms with Gasteiger partial charge in [-0.25, -0.2) is 4.79 Å². The Bertz CT molecular complexity index is 435. The summed E-state index contributed by atoms with van der Waals surface area (Å²) in [6, 6.07) is -0.879. The quantitative estimate of drug-likeness (QED) is 0.577. The fourth-order valence-electron chi connectivity index (χ4n) is 2.45. The molecular formula is C14H23IN2O4. The summed E-state index contributed by atoms with van der Waals surface area (Å²) in [5, 5.41) is 12.1. The monoisotopic (exact) mass is 410 g/mol. The standard InChI is InChI=1S/C14H23IN2O4/c1-4-8(5-2)21-13-11(15)9(14(19)20)6-10(16)12(13)17-7(3)18/h8,10,12-13H,4-6,16H2,1-3H3,(H,17,18)(H,19,20)/t10-,12+,13-/m0/s1. The van der Waals surface area contributed by atoms with Gasteiger partial charge in [-0.15, -0.1) is 0 Å². The average Bonchev–Trinajstić information content (AvgIpc) is 2.41. The summed E-state index contributed by atoms with van der Waals surface area (Å²) in [5.74, 6) is -1.18. The molecule has 0 aromatic rings. The molecule has 0 saturated heterocycles. The number of halogens is 1. The number of nitrogens with one attached hydrogen (secondary N) is 1. The summed E-state index contributed by atoms with van der Waals surface area (Å²) in [6.45, 7) is 5.45. The molecule has 0 unspecified atom stereocenters. The molecule has 0 aliphatic heterocycles. The molecule has 1 rings (SSSR count). The zero-order valence-electron chi connectivity index (χ0n) is 12.6. The maximum Gasteiger partial charge on any atom is 0.332 e. The lowest BCUT2D eigenvalue weighted by Crippen LogP contribution is -2.58. The Hall–Kier alpha value is -0.670. The summed E-state index contributed by atoms with van der Waals surface area (Å²) in [7, 11) is 0. The van der Waals surface area contributed by atoms with Crippen molar-refractivity contribution in [1.82, 2.24) is 5.32 Å². The van der Waals surface area contributed by atoms with Crippen LogP contribution in [0, 0.1) is 0 Å². The Morgan fingerprint density at radius 3 is 2.48 bits per heavy atom. The van der Waals surface area contributed by atoms with Crippen molar-refractivity contribution in [2.45, 2.75) is 64.3 Å². The zero-order chi connectivity index (χ0) is 16.2. The van der Waals surface area contributed by atoms with E-state index in [4.69, 9.17) is 10.5 Å². The number of ether oxygens (including phenoxy) is 1. The van der Waals surface area contributed by atoms with E-state index in [9.17, 15) is 14.7 Å². The zero-order valence-corrected chi connectivity index (χ0v) is 14.7. The Balaban J connectivity index is 3.12. The Kier molecular flexibility index (Phi) is 7.08. The van der Waals surface area contributed by atoms with E-state index in [1.807, 2.05) is 36.4 Å². The smallest absolute Gasteiger partial charge is 0.332 e. The molecule has 1 aliphatic rings. The normalized spacial score (nSPS) is 26.1. The molecule has 3 atom stereocenters. The fourth-order valence-corrected chi connectivity index (χ4v) is 3.44. The molecule has 6 nitrogen and oxygen atoms in total. The van der Waals surface area contributed by atoms with Crippen molar-refractivity contribution in [2.24, 2.45) is 5.73 Å². The van der Waals surface area contributed by atoms with Gasteiger partial charge >= 0.3 is 5.97 Å². The lowest BCUT2D eigenvalue weighted by atomic mass is 9.88. The summed E-state index contributed by atoms with van der Waals surface area (Å²) in [5.41, 5.74) is 6.35. The molecule has 0 radical (unpaired) electrons. The van der Waals surface area contributed by atoms with Gasteiger partial charge in [0, 0.05) is 16.5 Å². The molecule has 21 heavy (non-hydrogen) atoms. The van der Waals surface area contributed by atoms with E-state index in [0.29, 0.717) is 3.58 Å². The predicted molar refractivity (Wildman–Crippen MR) is 88.1 cm³/mol. The maximum atomic E-state index is 11.4. The molecule has 0 saturated carbocycles. The summed E-state index contributed by atoms with van der Waals surface area (Å²) < 4.78 is 6.66. The summed E-state index contributed by atoms with van der Waals surface area (Å²) in [6.07, 6.45) is 1.37. The minimum Gasteiger partial charge on any atom is -0.478 e. The van der Waals surface area contributed by atoms with Gasteiger partial charge in [-0.2, -0.15) is 0 Å². The first-order valence-electron chi connectivity index (χ1n) is 7.11. The van der Waals surface area contributed by atoms with Crippen LogP contribution in [0.3, 0.4) is 0 Å². The van der Waals surface area contributed by atoms with Crippen LogP contribution in [-0.2, 0) is 14.3 Å². The van der Waals surface area contributed by atoms with Crippen molar-refractivity contribution >= 4 is 34.5 Å². The first kappa shape index (κ1) is 18.4. The minimum atomic E-state index is -0.978. The number of aliphatic carboxylic acids is 1. The van der Waals surface area contributed by atoms with Crippen molar-refractivity contribution < 1.29 is 19.4 Å². The largest absolute Gasteiger partial charge is 0.478 e. The minimum absolute atomic E-state index is 0.0105. The van der Waals surface area contributed by atoms with Crippen molar-refractivity contribution in [3.63, 3.8) is 0 Å². The van der Waals surface area contributed by atoms with Gasteiger partial charge < -0.3 is 20.9 Å². The molecule has 0 bridgehead atoms. The van der Waals surface area contributed by atoms with Crippen LogP contribution in [0.5, 0.6) is 0 Å². The first-order chi connectivity index (χ1) is 9.81. The third-order valence-corrected chi connectivity index (χ3v) is 4.91. The molecule has 7 heteroatoms. The summed E-state index contributed by atoms with van der Waals surface area (Å²) >= 11 is 2.00. The van der Waals surface area contributed by atoms with Gasteiger partial charge in [-0.05, 0) is 41.9 Å². The molecule has 0 aromatic heterocycles. The lowest BCUT2D eigenvalue weighted by Gasteiger charge is -2.38. The topological polar surface area (TPSA) is 102 Å². The lowest BCUT2D eigenvalue weighted by molar-refractivity contribution is -0.133. The van der Waals surface area contributed by atoms with E-state index < -0.39 is 24.2 Å². The SMILES string of the molecule is CCC(CC)O[C@H]1C(I)=C(C(=O)O)C[C@H](N)[C@H]1NC(C)=O. The number of carboxylic acid groups (broad SMARTS) is 1. The highest BCUT2D eigenvalue weighted by Gasteiger charge is 2.40. The molecule has 0 spiro atoms. The van der Waals surface area contributed by atoms with Crippen LogP contribution in [0.4, 0.5) is 0 Å². The Morgan fingerprint density at radius 1 is 1.48 bits per heavy atom. The van der Waals surface area contributed by atoms with Crippen molar-refractivity contribution in [3.05, 3.63) is 9.15 Å². The molecule has 4 N–H and O–H groups in total. The van der Waals surface area contributed by atoms with Gasteiger partial charge in [0.05, 0.1) is 17.7 Å². The molecule has 1 aliphatic carbocycles. The van der Waals surface area contributed by atoms with Gasteiger partial charge in [0.25, 0.3) is 0 Å². The number of carbonyl (C=O) groups is 2. The molecule has 0 heterocycles. The van der Waals surface area contributed by atoms with Gasteiger partial charge in [0.2, 0.25) is 5.91 Å². The second kappa shape index (κ2) is 8.09. The number of carboxylic acids is 1. The maximum absolute atomic E-state index is 11.4. The fraction of sp³-hybridized carbons (Fsp3) is 0.714. The number of carbonyl (C=O) groups excluding carboxylic acids is 1. The molecule has 120 valence electrons. The van der Waals surface area contributed by atoms with E-state index in [1.165, 1.54) is 6.92 Å². The van der Waals surface area contributed by atoms with Crippen LogP contribution >= 0.6 is 22.6 Å². The number of hydrogen-bond donors (Lipinski definition) is 3. The number of nitrogens with two attached hydrogens (primary N) is 1. The number of rotatable bonds is 6. The highest BCUT2D eigenvalue weighted by Crippen LogP contribution is 2.33. The average molecular weight is 410 g/mol. The van der Waals surface area contributed by atoms with Crippen LogP contribution in [0.15, 0.2) is 9.15 Å². The van der Waals surface area contributed by atoms with Gasteiger partial charge in [0.15, 0.2) is 0 Å². The summed E-state index contributed by atoms with van der Waals surface area (Å²) in [4.78, 5) is 22.7. The van der Waals surface area contributed by atoms with Gasteiger partial charge in [-0.1, -0.05) is 13.8 Å². The van der Waals surface area contributed by atoms with Crippen molar-refractivity contribution in [1.29, 1.82) is 0 Å². The highest BCUT2D eigenvalue weighted by molar-refractivity contribution is 14.1. The Morgan fingerprint density at radius 2 is 2.05 bits per heavy atom. The molecule has 1 amide bonds. The van der Waals surface area contributed by atoms with Crippen molar-refractivity contribution in [2.75, 3.05) is 0 Å². The Labute approximate surface area is 138 Å². The second-order valence-electron chi connectivity index (χ2n) is 5.22. The third-order valence-electron chi connectivity index (χ3n) is 3.64. The van der Waals surface area contributed by atoms with Gasteiger partial charge in [0.1, 0.15) is 6.10 Å². The van der Waals surface area contributed by atoms with Gasteiger partial charge in [-0.3, -0.25) is 4.79 Å². The van der Waals surface area contributed by atoms with Crippen LogP contribution in [0.1, 0.15) is 40.0 Å². The van der Waals surface area contributed by atoms with E-state index in [1.54, 1.807) is 0 Å². The number of hydrogen-bond acceptors (Lipinski definition) is 4. The first-order valence-corrected chi connectivity index (χ1v) is 8.19. The molecule has 0 fully saturated rings. The highest BCUT2D eigenvalue weighted by atomic mass is 127. The van der Waals surface area contributed by atoms with E-state index in [2.05, 4.69) is 5.32 Å². The third kappa shape index (κ3) is 4.65. The van der Waals surface area contributed by atoms with Crippen LogP contribution in [0.2, 0.25) is 0 Å². The van der Waals surface area contributed by atoms with Crippen LogP contribution < -0.4 is 11.1 Å². The van der Waals surface area contributed by atoms with Crippen molar-refractivity contribution in [3.8, 4) is 0 Å². The van der Waals surface area contributed by atoms with E-state index >= 15 is 0 Å². The van der Waals surface area contributed by atoms with Crippen LogP contribution in [-0.4, -0.2) is 41.3 Å². The van der Waals surface area contributed by atoms with Crippen LogP contribution in [0.25, 0.3) is 0 Å². The molecular weight excluding hydrogens is 387 g/mol. The second-order valence-corrected chi connectivity index (χ2v) is 6.38. The van der Waals surface area contributed by atoms with E-state index in [-0.39, 0.29) is 24.0 Å². The predicted octanol–water partition coefficient (Wildman–Crippen LogP) is 1.57. The van der Waals surface area contributed by atoms with E-state index in [0.717, 1.165) is 12.8 Å². The number of amides is 1. The molecule has 0 aromatic carbocycles.